The van der Waals surface area contributed by atoms with Crippen molar-refractivity contribution in [2.45, 2.75) is 38.8 Å². The highest BCUT2D eigenvalue weighted by atomic mass is 16.4. The Morgan fingerprint density at radius 2 is 2.16 bits per heavy atom. The van der Waals surface area contributed by atoms with Crippen LogP contribution in [0.5, 0.6) is 0 Å². The standard InChI is InChI=1S/C11H12N2O2.C8H15N2/c12-9(11(14)15)5-7-6-13-10-4-2-1-3-8(7)10;1-3-4-5-10-7-6-9(2)8-10/h1-4,6,9,13H,5,12H2,(H,14,15);6-8H,3-5H2,1-2H3/q;+1. The van der Waals surface area contributed by atoms with E-state index in [0.29, 0.717) is 6.42 Å². The van der Waals surface area contributed by atoms with Crippen molar-refractivity contribution >= 4 is 16.9 Å². The lowest BCUT2D eigenvalue weighted by Gasteiger charge is -2.04. The Morgan fingerprint density at radius 3 is 2.80 bits per heavy atom. The van der Waals surface area contributed by atoms with Gasteiger partial charge in [0.1, 0.15) is 18.4 Å². The van der Waals surface area contributed by atoms with E-state index in [4.69, 9.17) is 10.8 Å². The van der Waals surface area contributed by atoms with E-state index in [1.807, 2.05) is 37.5 Å². The lowest BCUT2D eigenvalue weighted by atomic mass is 10.1. The number of para-hydroxylation sites is 1. The first-order valence-corrected chi connectivity index (χ1v) is 8.55. The van der Waals surface area contributed by atoms with Gasteiger partial charge in [-0.05, 0) is 18.1 Å². The summed E-state index contributed by atoms with van der Waals surface area (Å²) in [6, 6.07) is 6.91. The zero-order chi connectivity index (χ0) is 18.2. The van der Waals surface area contributed by atoms with Crippen molar-refractivity contribution in [2.75, 3.05) is 0 Å². The summed E-state index contributed by atoms with van der Waals surface area (Å²) in [4.78, 5) is 13.7. The fourth-order valence-electron chi connectivity index (χ4n) is 2.60. The van der Waals surface area contributed by atoms with Crippen molar-refractivity contribution in [3.05, 3.63) is 54.7 Å². The maximum atomic E-state index is 10.6. The fraction of sp³-hybridized carbons (Fsp3) is 0.368. The molecule has 0 radical (unpaired) electrons. The van der Waals surface area contributed by atoms with Crippen molar-refractivity contribution in [3.8, 4) is 0 Å². The molecule has 2 aromatic heterocycles. The van der Waals surface area contributed by atoms with Crippen molar-refractivity contribution in [1.82, 2.24) is 9.55 Å². The SMILES string of the molecule is CCCCn1cc[n+](C)c1.NC(Cc1c[nH]c2ccccc12)C(=O)O. The van der Waals surface area contributed by atoms with E-state index in [0.717, 1.165) is 23.0 Å². The predicted molar refractivity (Wildman–Crippen MR) is 98.1 cm³/mol. The first-order valence-electron chi connectivity index (χ1n) is 8.55. The first kappa shape index (κ1) is 18.7. The monoisotopic (exact) mass is 343 g/mol. The van der Waals surface area contributed by atoms with E-state index in [1.54, 1.807) is 0 Å². The van der Waals surface area contributed by atoms with Gasteiger partial charge < -0.3 is 15.8 Å². The van der Waals surface area contributed by atoms with Crippen LogP contribution < -0.4 is 10.3 Å². The second-order valence-corrected chi connectivity index (χ2v) is 6.18. The largest absolute Gasteiger partial charge is 0.480 e. The summed E-state index contributed by atoms with van der Waals surface area (Å²) >= 11 is 0. The number of carbonyl (C=O) groups is 1. The van der Waals surface area contributed by atoms with E-state index in [-0.39, 0.29) is 0 Å². The number of benzene rings is 1. The number of fused-ring (bicyclic) bond motifs is 1. The van der Waals surface area contributed by atoms with Crippen LogP contribution in [0.15, 0.2) is 49.2 Å². The Labute approximate surface area is 147 Å². The highest BCUT2D eigenvalue weighted by Gasteiger charge is 2.14. The smallest absolute Gasteiger partial charge is 0.320 e. The molecule has 3 aromatic rings. The summed E-state index contributed by atoms with van der Waals surface area (Å²) in [6.45, 7) is 3.36. The molecule has 0 aliphatic carbocycles. The average molecular weight is 343 g/mol. The quantitative estimate of drug-likeness (QED) is 0.600. The Hall–Kier alpha value is -2.60. The zero-order valence-electron chi connectivity index (χ0n) is 14.9. The Bertz CT molecular complexity index is 806. The normalized spacial score (nSPS) is 11.8. The lowest BCUT2D eigenvalue weighted by molar-refractivity contribution is -0.671. The van der Waals surface area contributed by atoms with Gasteiger partial charge >= 0.3 is 5.97 Å². The van der Waals surface area contributed by atoms with Crippen LogP contribution >= 0.6 is 0 Å². The molecule has 0 aliphatic heterocycles. The fourth-order valence-corrected chi connectivity index (χ4v) is 2.60. The second-order valence-electron chi connectivity index (χ2n) is 6.18. The molecular weight excluding hydrogens is 316 g/mol. The van der Waals surface area contributed by atoms with Crippen molar-refractivity contribution in [1.29, 1.82) is 0 Å². The summed E-state index contributed by atoms with van der Waals surface area (Å²) < 4.78 is 4.28. The number of hydrogen-bond acceptors (Lipinski definition) is 2. The number of aryl methyl sites for hydroxylation is 2. The highest BCUT2D eigenvalue weighted by Crippen LogP contribution is 2.18. The van der Waals surface area contributed by atoms with Crippen LogP contribution in [-0.4, -0.2) is 26.7 Å². The number of carboxylic acid groups (broad SMARTS) is 1. The number of nitrogens with zero attached hydrogens (tertiary/aromatic N) is 2. The van der Waals surface area contributed by atoms with Gasteiger partial charge in [-0.1, -0.05) is 31.5 Å². The summed E-state index contributed by atoms with van der Waals surface area (Å²) in [5.41, 5.74) is 7.43. The number of aromatic amines is 1. The molecule has 0 spiro atoms. The topological polar surface area (TPSA) is 87.9 Å². The van der Waals surface area contributed by atoms with Crippen LogP contribution in [0.2, 0.25) is 0 Å². The minimum absolute atomic E-state index is 0.347. The molecule has 0 saturated heterocycles. The van der Waals surface area contributed by atoms with Crippen molar-refractivity contribution in [2.24, 2.45) is 12.8 Å². The van der Waals surface area contributed by atoms with Crippen LogP contribution in [0, 0.1) is 0 Å². The van der Waals surface area contributed by atoms with Gasteiger partial charge in [-0.25, -0.2) is 9.13 Å². The third-order valence-corrected chi connectivity index (χ3v) is 4.03. The molecule has 1 atom stereocenters. The van der Waals surface area contributed by atoms with Gasteiger partial charge in [0.25, 0.3) is 0 Å². The summed E-state index contributed by atoms with van der Waals surface area (Å²) in [7, 11) is 2.04. The molecule has 0 amide bonds. The van der Waals surface area contributed by atoms with Crippen LogP contribution in [0.25, 0.3) is 10.9 Å². The van der Waals surface area contributed by atoms with E-state index in [2.05, 4.69) is 39.8 Å². The number of nitrogens with two attached hydrogens (primary N) is 1. The number of aliphatic carboxylic acids is 1. The van der Waals surface area contributed by atoms with Gasteiger partial charge in [-0.3, -0.25) is 4.79 Å². The number of aromatic nitrogens is 3. The molecule has 1 unspecified atom stereocenters. The maximum absolute atomic E-state index is 10.6. The second kappa shape index (κ2) is 9.03. The predicted octanol–water partition coefficient (Wildman–Crippen LogP) is 2.23. The summed E-state index contributed by atoms with van der Waals surface area (Å²) in [5, 5.41) is 9.75. The third-order valence-electron chi connectivity index (χ3n) is 4.03. The van der Waals surface area contributed by atoms with Gasteiger partial charge in [0.2, 0.25) is 6.33 Å². The van der Waals surface area contributed by atoms with E-state index in [9.17, 15) is 4.79 Å². The molecule has 0 aliphatic rings. The number of unbranched alkanes of at least 4 members (excludes halogenated alkanes) is 1. The maximum Gasteiger partial charge on any atom is 0.320 e. The van der Waals surface area contributed by atoms with Gasteiger partial charge in [0.15, 0.2) is 0 Å². The lowest BCUT2D eigenvalue weighted by Crippen LogP contribution is -2.32. The Balaban J connectivity index is 0.000000196. The molecule has 0 fully saturated rings. The number of hydrogen-bond donors (Lipinski definition) is 3. The van der Waals surface area contributed by atoms with Crippen LogP contribution in [0.3, 0.4) is 0 Å². The Kier molecular flexibility index (Phi) is 6.77. The number of imidazole rings is 1. The molecule has 0 bridgehead atoms. The van der Waals surface area contributed by atoms with Gasteiger partial charge in [0.05, 0.1) is 13.6 Å². The number of rotatable bonds is 6. The van der Waals surface area contributed by atoms with Gasteiger partial charge in [-0.2, -0.15) is 0 Å². The van der Waals surface area contributed by atoms with Crippen molar-refractivity contribution in [3.63, 3.8) is 0 Å². The molecule has 2 heterocycles. The van der Waals surface area contributed by atoms with Crippen LogP contribution in [0.4, 0.5) is 0 Å². The Morgan fingerprint density at radius 1 is 1.40 bits per heavy atom. The van der Waals surface area contributed by atoms with Gasteiger partial charge in [0, 0.05) is 23.5 Å². The van der Waals surface area contributed by atoms with E-state index in [1.165, 1.54) is 12.8 Å². The van der Waals surface area contributed by atoms with Gasteiger partial charge in [-0.15, -0.1) is 0 Å². The minimum Gasteiger partial charge on any atom is -0.480 e. The average Bonchev–Trinajstić information content (AvgIpc) is 3.20. The van der Waals surface area contributed by atoms with E-state index >= 15 is 0 Å². The summed E-state index contributed by atoms with van der Waals surface area (Å²) in [5.74, 6) is -0.972. The zero-order valence-corrected chi connectivity index (χ0v) is 14.9. The number of carboxylic acids is 1. The molecule has 1 aromatic carbocycles. The van der Waals surface area contributed by atoms with Crippen LogP contribution in [-0.2, 0) is 24.8 Å². The van der Waals surface area contributed by atoms with Crippen LogP contribution in [0.1, 0.15) is 25.3 Å². The van der Waals surface area contributed by atoms with E-state index < -0.39 is 12.0 Å². The third kappa shape index (κ3) is 5.46. The molecule has 6 heteroatoms. The molecule has 0 saturated carbocycles. The molecule has 134 valence electrons. The number of nitrogens with one attached hydrogen (secondary N) is 1. The van der Waals surface area contributed by atoms with Crippen molar-refractivity contribution < 1.29 is 14.5 Å². The highest BCUT2D eigenvalue weighted by molar-refractivity contribution is 5.84. The molecule has 6 nitrogen and oxygen atoms in total. The minimum atomic E-state index is -0.972. The molecule has 25 heavy (non-hydrogen) atoms. The molecule has 3 rings (SSSR count). The molecule has 4 N–H and O–H groups in total. The number of H-pyrrole nitrogens is 1. The summed E-state index contributed by atoms with van der Waals surface area (Å²) in [6.07, 6.45) is 11.0. The molecular formula is C19H27N4O2+. The first-order chi connectivity index (χ1) is 12.0.